The van der Waals surface area contributed by atoms with Crippen LogP contribution in [0.2, 0.25) is 0 Å². The Kier molecular flexibility index (Phi) is 4.73. The summed E-state index contributed by atoms with van der Waals surface area (Å²) in [7, 11) is 3.62. The second kappa shape index (κ2) is 7.25. The normalized spacial score (nSPS) is 12.1. The highest BCUT2D eigenvalue weighted by atomic mass is 16.1. The van der Waals surface area contributed by atoms with Crippen LogP contribution in [0, 0.1) is 6.92 Å². The molecule has 1 amide bonds. The molecule has 0 fully saturated rings. The number of benzene rings is 1. The Morgan fingerprint density at radius 1 is 1.27 bits per heavy atom. The Labute approximate surface area is 172 Å². The number of amides is 1. The molecular formula is C21H23N7O2. The summed E-state index contributed by atoms with van der Waals surface area (Å²) in [4.78, 5) is 36.1. The van der Waals surface area contributed by atoms with Gasteiger partial charge in [0.15, 0.2) is 5.65 Å². The summed E-state index contributed by atoms with van der Waals surface area (Å²) >= 11 is 0. The van der Waals surface area contributed by atoms with Crippen LogP contribution in [0.5, 0.6) is 0 Å². The predicted molar refractivity (Wildman–Crippen MR) is 116 cm³/mol. The van der Waals surface area contributed by atoms with E-state index in [1.54, 1.807) is 24.9 Å². The van der Waals surface area contributed by atoms with E-state index in [9.17, 15) is 9.59 Å². The van der Waals surface area contributed by atoms with E-state index in [1.807, 2.05) is 43.9 Å². The lowest BCUT2D eigenvalue weighted by atomic mass is 10.1. The van der Waals surface area contributed by atoms with Crippen LogP contribution in [0.3, 0.4) is 0 Å². The van der Waals surface area contributed by atoms with E-state index in [0.29, 0.717) is 17.2 Å². The number of fused-ring (bicyclic) bond motifs is 2. The van der Waals surface area contributed by atoms with Crippen molar-refractivity contribution in [2.24, 2.45) is 4.99 Å². The van der Waals surface area contributed by atoms with Gasteiger partial charge >= 0.3 is 0 Å². The molecule has 0 aliphatic heterocycles. The van der Waals surface area contributed by atoms with Gasteiger partial charge in [0.1, 0.15) is 11.4 Å². The minimum absolute atomic E-state index is 0.264. The van der Waals surface area contributed by atoms with Crippen molar-refractivity contribution in [2.45, 2.75) is 27.3 Å². The highest BCUT2D eigenvalue weighted by Crippen LogP contribution is 2.24. The highest BCUT2D eigenvalue weighted by molar-refractivity contribution is 6.07. The second-order valence-corrected chi connectivity index (χ2v) is 7.34. The van der Waals surface area contributed by atoms with E-state index in [0.717, 1.165) is 23.0 Å². The maximum atomic E-state index is 12.8. The molecular weight excluding hydrogens is 382 g/mol. The Morgan fingerprint density at radius 2 is 2.03 bits per heavy atom. The third-order valence-electron chi connectivity index (χ3n) is 5.16. The molecule has 3 aromatic heterocycles. The second-order valence-electron chi connectivity index (χ2n) is 7.34. The molecule has 0 radical (unpaired) electrons. The van der Waals surface area contributed by atoms with Crippen molar-refractivity contribution < 1.29 is 4.79 Å². The first-order chi connectivity index (χ1) is 14.3. The molecule has 0 unspecified atom stereocenters. The molecule has 1 N–H and O–H groups in total. The molecule has 0 bridgehead atoms. The minimum atomic E-state index is -0.443. The fraction of sp³-hybridized carbons (Fsp3) is 0.286. The zero-order chi connectivity index (χ0) is 21.6. The smallest absolute Gasteiger partial charge is 0.284 e. The lowest BCUT2D eigenvalue weighted by molar-refractivity contribution is 0.100. The van der Waals surface area contributed by atoms with Crippen molar-refractivity contribution in [3.8, 4) is 11.3 Å². The van der Waals surface area contributed by atoms with Gasteiger partial charge in [0.25, 0.3) is 11.5 Å². The van der Waals surface area contributed by atoms with Crippen LogP contribution >= 0.6 is 0 Å². The molecule has 4 aromatic rings. The van der Waals surface area contributed by atoms with E-state index < -0.39 is 5.91 Å². The molecule has 0 saturated carbocycles. The zero-order valence-electron chi connectivity index (χ0n) is 17.6. The van der Waals surface area contributed by atoms with E-state index in [2.05, 4.69) is 20.2 Å². The van der Waals surface area contributed by atoms with Gasteiger partial charge in [-0.1, -0.05) is 6.07 Å². The van der Waals surface area contributed by atoms with Crippen molar-refractivity contribution >= 4 is 28.3 Å². The molecule has 0 saturated heterocycles. The number of hydrogen-bond acceptors (Lipinski definition) is 4. The van der Waals surface area contributed by atoms with Gasteiger partial charge in [0, 0.05) is 43.4 Å². The fourth-order valence-electron chi connectivity index (χ4n) is 3.35. The summed E-state index contributed by atoms with van der Waals surface area (Å²) in [6.45, 7) is 6.28. The van der Waals surface area contributed by atoms with Gasteiger partial charge in [-0.15, -0.1) is 0 Å². The number of H-pyrrole nitrogens is 1. The number of nitrogens with one attached hydrogen (secondary N) is 1. The average molecular weight is 405 g/mol. The summed E-state index contributed by atoms with van der Waals surface area (Å²) in [5.74, 6) is 0.122. The summed E-state index contributed by atoms with van der Waals surface area (Å²) in [6, 6.07) is 7.27. The highest BCUT2D eigenvalue weighted by Gasteiger charge is 2.20. The summed E-state index contributed by atoms with van der Waals surface area (Å²) in [5, 5.41) is 8.25. The van der Waals surface area contributed by atoms with Crippen LogP contribution in [0.4, 0.5) is 0 Å². The molecule has 0 spiro atoms. The van der Waals surface area contributed by atoms with E-state index >= 15 is 0 Å². The summed E-state index contributed by atoms with van der Waals surface area (Å²) < 4.78 is 3.18. The lowest BCUT2D eigenvalue weighted by Gasteiger charge is -2.10. The third kappa shape index (κ3) is 3.18. The van der Waals surface area contributed by atoms with Crippen LogP contribution in [0.15, 0.2) is 40.2 Å². The first kappa shape index (κ1) is 19.6. The van der Waals surface area contributed by atoms with Gasteiger partial charge in [-0.3, -0.25) is 19.4 Å². The van der Waals surface area contributed by atoms with Crippen LogP contribution < -0.4 is 5.56 Å². The van der Waals surface area contributed by atoms with Gasteiger partial charge in [0.2, 0.25) is 0 Å². The molecule has 154 valence electrons. The van der Waals surface area contributed by atoms with Gasteiger partial charge in [-0.05, 0) is 32.9 Å². The van der Waals surface area contributed by atoms with Crippen molar-refractivity contribution in [2.75, 3.05) is 14.1 Å². The molecule has 3 heterocycles. The number of hydrogen-bond donors (Lipinski definition) is 1. The lowest BCUT2D eigenvalue weighted by Crippen LogP contribution is -2.20. The molecule has 1 aromatic carbocycles. The van der Waals surface area contributed by atoms with Gasteiger partial charge in [-0.25, -0.2) is 9.50 Å². The van der Waals surface area contributed by atoms with Crippen LogP contribution in [0.25, 0.3) is 27.8 Å². The number of amidine groups is 1. The molecule has 0 atom stereocenters. The Bertz CT molecular complexity index is 1370. The van der Waals surface area contributed by atoms with Crippen molar-refractivity contribution in [3.05, 3.63) is 52.1 Å². The zero-order valence-corrected chi connectivity index (χ0v) is 17.6. The number of carbonyl (C=O) groups excluding carboxylic acids is 1. The van der Waals surface area contributed by atoms with Crippen molar-refractivity contribution in [3.63, 3.8) is 0 Å². The van der Waals surface area contributed by atoms with Gasteiger partial charge in [-0.2, -0.15) is 10.1 Å². The number of nitrogens with zero attached hydrogens (tertiary/aromatic N) is 6. The third-order valence-corrected chi connectivity index (χ3v) is 5.16. The largest absolute Gasteiger partial charge is 0.366 e. The van der Waals surface area contributed by atoms with E-state index in [-0.39, 0.29) is 16.8 Å². The number of carbonyl (C=O) groups is 1. The Balaban J connectivity index is 1.88. The minimum Gasteiger partial charge on any atom is -0.366 e. The Hall–Kier alpha value is -3.75. The number of rotatable bonds is 3. The summed E-state index contributed by atoms with van der Waals surface area (Å²) in [6.07, 6.45) is 1.79. The molecule has 9 nitrogen and oxygen atoms in total. The molecule has 9 heteroatoms. The maximum Gasteiger partial charge on any atom is 0.284 e. The molecule has 0 aliphatic rings. The topological polar surface area (TPSA) is 101 Å². The van der Waals surface area contributed by atoms with Crippen molar-refractivity contribution in [1.29, 1.82) is 0 Å². The average Bonchev–Trinajstić information content (AvgIpc) is 3.27. The van der Waals surface area contributed by atoms with Crippen LogP contribution in [-0.4, -0.2) is 55.1 Å². The number of aromatic amines is 1. The SMILES string of the molecule is CCn1ncc2cc(-c3cc(=O)n4[nH]c(C)c(C(=O)N=C(C)N(C)C)c4n3)ccc21. The first-order valence-electron chi connectivity index (χ1n) is 9.65. The molecule has 30 heavy (non-hydrogen) atoms. The summed E-state index contributed by atoms with van der Waals surface area (Å²) in [5.41, 5.74) is 3.08. The van der Waals surface area contributed by atoms with Gasteiger partial charge < -0.3 is 4.90 Å². The van der Waals surface area contributed by atoms with Crippen molar-refractivity contribution in [1.82, 2.24) is 29.3 Å². The quantitative estimate of drug-likeness (QED) is 0.417. The monoisotopic (exact) mass is 405 g/mol. The van der Waals surface area contributed by atoms with Gasteiger partial charge in [0.05, 0.1) is 17.4 Å². The molecule has 0 aliphatic carbocycles. The Morgan fingerprint density at radius 3 is 2.73 bits per heavy atom. The number of aromatic nitrogens is 5. The number of aryl methyl sites for hydroxylation is 2. The standard InChI is InChI=1S/C21H23N7O2/c1-6-27-17-8-7-14(9-15(17)11-22-27)16-10-18(29)28-20(24-16)19(12(2)25-28)21(30)23-13(3)26(4)5/h7-11,25H,6H2,1-5H3. The molecule has 4 rings (SSSR count). The predicted octanol–water partition coefficient (Wildman–Crippen LogP) is 2.49. The maximum absolute atomic E-state index is 12.8. The van der Waals surface area contributed by atoms with E-state index in [4.69, 9.17) is 0 Å². The van der Waals surface area contributed by atoms with Crippen LogP contribution in [0.1, 0.15) is 29.9 Å². The fourth-order valence-corrected chi connectivity index (χ4v) is 3.35. The number of aliphatic imine (C=N–C) groups is 1. The van der Waals surface area contributed by atoms with Crippen LogP contribution in [-0.2, 0) is 6.54 Å². The first-order valence-corrected chi connectivity index (χ1v) is 9.65. The van der Waals surface area contributed by atoms with E-state index in [1.165, 1.54) is 10.6 Å².